The Morgan fingerprint density at radius 3 is 2.29 bits per heavy atom. The average molecular weight is 512 g/mol. The van der Waals surface area contributed by atoms with Gasteiger partial charge in [-0.3, -0.25) is 4.79 Å². The summed E-state index contributed by atoms with van der Waals surface area (Å²) < 4.78 is 29.7. The van der Waals surface area contributed by atoms with Crippen LogP contribution in [-0.2, 0) is 4.74 Å². The monoisotopic (exact) mass is 511 g/mol. The van der Waals surface area contributed by atoms with Crippen LogP contribution in [0.2, 0.25) is 0 Å². The number of ether oxygens (including phenoxy) is 3. The van der Waals surface area contributed by atoms with E-state index in [1.54, 1.807) is 48.5 Å². The number of aromatic nitrogens is 1. The minimum atomic E-state index is -0.474. The molecule has 0 spiro atoms. The van der Waals surface area contributed by atoms with Crippen molar-refractivity contribution in [3.63, 3.8) is 0 Å². The molecule has 0 N–H and O–H groups in total. The van der Waals surface area contributed by atoms with E-state index >= 15 is 0 Å². The lowest BCUT2D eigenvalue weighted by atomic mass is 10.1. The number of benzene rings is 3. The first-order valence-corrected chi connectivity index (χ1v) is 12.0. The molecule has 0 atom stereocenters. The van der Waals surface area contributed by atoms with E-state index in [0.29, 0.717) is 41.5 Å². The first-order chi connectivity index (χ1) is 18.5. The van der Waals surface area contributed by atoms with Crippen molar-refractivity contribution >= 4 is 17.8 Å². The van der Waals surface area contributed by atoms with Crippen molar-refractivity contribution in [2.24, 2.45) is 0 Å². The van der Waals surface area contributed by atoms with Gasteiger partial charge in [-0.05, 0) is 73.2 Å². The van der Waals surface area contributed by atoms with Crippen LogP contribution in [0, 0.1) is 12.7 Å². The maximum atomic E-state index is 13.0. The molecule has 4 aromatic rings. The lowest BCUT2D eigenvalue weighted by Gasteiger charge is -2.09. The van der Waals surface area contributed by atoms with Gasteiger partial charge in [-0.2, -0.15) is 0 Å². The number of aryl methyl sites for hydroxylation is 1. The summed E-state index contributed by atoms with van der Waals surface area (Å²) in [6.07, 6.45) is 5.07. The quantitative estimate of drug-likeness (QED) is 0.0950. The first-order valence-electron chi connectivity index (χ1n) is 12.0. The maximum absolute atomic E-state index is 13.0. The standard InChI is InChI=1S/C31H26FNO5/c1-22-3-12-28(13-4-22)38-30-21-25(17-18-33-30)31(35)37-20-2-19-36-27-14-8-24(9-15-27)29(34)16-7-23-5-10-26(32)11-6-23/h3-18,21H,2,19-20H2,1H3/b16-7+. The van der Waals surface area contributed by atoms with Gasteiger partial charge in [0.2, 0.25) is 5.88 Å². The number of allylic oxidation sites excluding steroid dienone is 1. The first kappa shape index (κ1) is 26.3. The van der Waals surface area contributed by atoms with Gasteiger partial charge in [0.1, 0.15) is 17.3 Å². The molecule has 0 aliphatic rings. The van der Waals surface area contributed by atoms with E-state index in [4.69, 9.17) is 14.2 Å². The van der Waals surface area contributed by atoms with Crippen molar-refractivity contribution in [2.45, 2.75) is 13.3 Å². The summed E-state index contributed by atoms with van der Waals surface area (Å²) >= 11 is 0. The Labute approximate surface area is 220 Å². The molecule has 0 amide bonds. The van der Waals surface area contributed by atoms with Gasteiger partial charge in [0.05, 0.1) is 18.8 Å². The largest absolute Gasteiger partial charge is 0.493 e. The van der Waals surface area contributed by atoms with Crippen molar-refractivity contribution in [1.82, 2.24) is 4.98 Å². The number of rotatable bonds is 11. The van der Waals surface area contributed by atoms with Gasteiger partial charge >= 0.3 is 5.97 Å². The van der Waals surface area contributed by atoms with Crippen LogP contribution < -0.4 is 9.47 Å². The smallest absolute Gasteiger partial charge is 0.338 e. The normalized spacial score (nSPS) is 10.8. The molecule has 192 valence electrons. The van der Waals surface area contributed by atoms with Gasteiger partial charge in [-0.15, -0.1) is 0 Å². The van der Waals surface area contributed by atoms with E-state index in [1.165, 1.54) is 30.5 Å². The number of hydrogen-bond donors (Lipinski definition) is 0. The van der Waals surface area contributed by atoms with Crippen LogP contribution in [0.15, 0.2) is 97.2 Å². The Bertz CT molecular complexity index is 1400. The number of nitrogens with zero attached hydrogens (tertiary/aromatic N) is 1. The van der Waals surface area contributed by atoms with Crippen molar-refractivity contribution in [1.29, 1.82) is 0 Å². The molecule has 0 fully saturated rings. The van der Waals surface area contributed by atoms with Gasteiger partial charge in [0, 0.05) is 24.2 Å². The SMILES string of the molecule is Cc1ccc(Oc2cc(C(=O)OCCCOc3ccc(C(=O)/C=C/c4ccc(F)cc4)cc3)ccn2)cc1. The lowest BCUT2D eigenvalue weighted by molar-refractivity contribution is 0.0485. The van der Waals surface area contributed by atoms with E-state index in [2.05, 4.69) is 4.98 Å². The Kier molecular flexibility index (Phi) is 8.97. The summed E-state index contributed by atoms with van der Waals surface area (Å²) in [6.45, 7) is 2.50. The summed E-state index contributed by atoms with van der Waals surface area (Å²) in [7, 11) is 0. The van der Waals surface area contributed by atoms with E-state index in [0.717, 1.165) is 11.1 Å². The number of carbonyl (C=O) groups is 2. The molecule has 4 rings (SSSR count). The highest BCUT2D eigenvalue weighted by molar-refractivity contribution is 6.06. The predicted molar refractivity (Wildman–Crippen MR) is 142 cm³/mol. The molecule has 0 unspecified atom stereocenters. The van der Waals surface area contributed by atoms with Crippen molar-refractivity contribution in [2.75, 3.05) is 13.2 Å². The Morgan fingerprint density at radius 2 is 1.55 bits per heavy atom. The predicted octanol–water partition coefficient (Wildman–Crippen LogP) is 6.84. The molecule has 6 nitrogen and oxygen atoms in total. The Hall–Kier alpha value is -4.78. The van der Waals surface area contributed by atoms with Crippen molar-refractivity contribution in [3.05, 3.63) is 125 Å². The van der Waals surface area contributed by atoms with Crippen molar-refractivity contribution in [3.8, 4) is 17.4 Å². The number of ketones is 1. The van der Waals surface area contributed by atoms with Gasteiger partial charge < -0.3 is 14.2 Å². The van der Waals surface area contributed by atoms with Crippen LogP contribution in [0.3, 0.4) is 0 Å². The molecule has 0 aliphatic heterocycles. The molecule has 1 heterocycles. The highest BCUT2D eigenvalue weighted by atomic mass is 19.1. The van der Waals surface area contributed by atoms with Crippen LogP contribution in [0.5, 0.6) is 17.4 Å². The van der Waals surface area contributed by atoms with E-state index in [-0.39, 0.29) is 18.2 Å². The number of pyridine rings is 1. The molecular weight excluding hydrogens is 485 g/mol. The second-order valence-electron chi connectivity index (χ2n) is 8.41. The average Bonchev–Trinajstić information content (AvgIpc) is 2.94. The molecule has 0 aliphatic carbocycles. The van der Waals surface area contributed by atoms with E-state index < -0.39 is 5.97 Å². The molecule has 0 saturated carbocycles. The number of hydrogen-bond acceptors (Lipinski definition) is 6. The summed E-state index contributed by atoms with van der Waals surface area (Å²) in [4.78, 5) is 28.9. The van der Waals surface area contributed by atoms with Crippen LogP contribution in [0.25, 0.3) is 6.08 Å². The van der Waals surface area contributed by atoms with Gasteiger partial charge in [-0.1, -0.05) is 35.9 Å². The van der Waals surface area contributed by atoms with Crippen LogP contribution in [-0.4, -0.2) is 30.0 Å². The highest BCUT2D eigenvalue weighted by Gasteiger charge is 2.10. The summed E-state index contributed by atoms with van der Waals surface area (Å²) in [6, 6.07) is 23.3. The fourth-order valence-electron chi connectivity index (χ4n) is 3.37. The van der Waals surface area contributed by atoms with Crippen LogP contribution >= 0.6 is 0 Å². The second-order valence-corrected chi connectivity index (χ2v) is 8.41. The topological polar surface area (TPSA) is 74.7 Å². The van der Waals surface area contributed by atoms with Gasteiger partial charge in [0.15, 0.2) is 5.78 Å². The molecule has 1 aromatic heterocycles. The summed E-state index contributed by atoms with van der Waals surface area (Å²) in [5, 5.41) is 0. The van der Waals surface area contributed by atoms with Crippen LogP contribution in [0.4, 0.5) is 4.39 Å². The minimum Gasteiger partial charge on any atom is -0.493 e. The molecular formula is C31H26FNO5. The fraction of sp³-hybridized carbons (Fsp3) is 0.129. The zero-order chi connectivity index (χ0) is 26.7. The lowest BCUT2D eigenvalue weighted by Crippen LogP contribution is -2.09. The fourth-order valence-corrected chi connectivity index (χ4v) is 3.37. The summed E-state index contributed by atoms with van der Waals surface area (Å²) in [5.41, 5.74) is 2.70. The zero-order valence-corrected chi connectivity index (χ0v) is 20.8. The Balaban J connectivity index is 1.18. The third-order valence-electron chi connectivity index (χ3n) is 5.44. The van der Waals surface area contributed by atoms with Crippen LogP contribution in [0.1, 0.15) is 38.3 Å². The molecule has 7 heteroatoms. The van der Waals surface area contributed by atoms with Crippen molar-refractivity contribution < 1.29 is 28.2 Å². The molecule has 0 bridgehead atoms. The third kappa shape index (κ3) is 7.86. The number of halogens is 1. The molecule has 0 radical (unpaired) electrons. The third-order valence-corrected chi connectivity index (χ3v) is 5.44. The molecule has 0 saturated heterocycles. The van der Waals surface area contributed by atoms with Gasteiger partial charge in [-0.25, -0.2) is 14.2 Å². The second kappa shape index (κ2) is 13.0. The highest BCUT2D eigenvalue weighted by Crippen LogP contribution is 2.21. The number of carbonyl (C=O) groups excluding carboxylic acids is 2. The molecule has 38 heavy (non-hydrogen) atoms. The maximum Gasteiger partial charge on any atom is 0.338 e. The Morgan fingerprint density at radius 1 is 0.842 bits per heavy atom. The molecule has 3 aromatic carbocycles. The summed E-state index contributed by atoms with van der Waals surface area (Å²) in [5.74, 6) is 0.565. The van der Waals surface area contributed by atoms with E-state index in [1.807, 2.05) is 31.2 Å². The minimum absolute atomic E-state index is 0.170. The number of esters is 1. The van der Waals surface area contributed by atoms with E-state index in [9.17, 15) is 14.0 Å². The van der Waals surface area contributed by atoms with Gasteiger partial charge in [0.25, 0.3) is 0 Å². The zero-order valence-electron chi connectivity index (χ0n) is 20.8.